The van der Waals surface area contributed by atoms with Crippen LogP contribution in [-0.2, 0) is 19.1 Å². The van der Waals surface area contributed by atoms with Gasteiger partial charge >= 0.3 is 5.97 Å². The molecule has 5 nitrogen and oxygen atoms in total. The van der Waals surface area contributed by atoms with Crippen LogP contribution in [0.3, 0.4) is 0 Å². The van der Waals surface area contributed by atoms with E-state index in [4.69, 9.17) is 4.74 Å². The quantitative estimate of drug-likeness (QED) is 0.226. The number of carbonyl (C=O) groups is 3. The van der Waals surface area contributed by atoms with Gasteiger partial charge in [0.05, 0.1) is 18.6 Å². The number of halogens is 1. The van der Waals surface area contributed by atoms with Crippen molar-refractivity contribution < 1.29 is 19.1 Å². The lowest BCUT2D eigenvalue weighted by atomic mass is 10.1. The van der Waals surface area contributed by atoms with E-state index in [0.29, 0.717) is 12.1 Å². The number of hydrogen-bond acceptors (Lipinski definition) is 5. The Kier molecular flexibility index (Phi) is 13.1. The number of esters is 1. The molecule has 31 heavy (non-hydrogen) atoms. The lowest BCUT2D eigenvalue weighted by Gasteiger charge is -2.30. The highest BCUT2D eigenvalue weighted by Crippen LogP contribution is 2.33. The molecule has 0 heterocycles. The number of carbonyl (C=O) groups excluding carboxylic acids is 3. The summed E-state index contributed by atoms with van der Waals surface area (Å²) >= 11 is 4.54. The molecular weight excluding hydrogens is 478 g/mol. The Balaban J connectivity index is 2.75. The van der Waals surface area contributed by atoms with Gasteiger partial charge in [-0.25, -0.2) is 4.79 Å². The van der Waals surface area contributed by atoms with E-state index in [1.165, 1.54) is 37.7 Å². The first-order chi connectivity index (χ1) is 14.7. The number of anilines is 1. The van der Waals surface area contributed by atoms with Gasteiger partial charge in [-0.1, -0.05) is 79.2 Å². The lowest BCUT2D eigenvalue weighted by Crippen LogP contribution is -2.45. The molecule has 1 aromatic rings. The molecule has 1 amide bonds. The summed E-state index contributed by atoms with van der Waals surface area (Å²) in [5, 5.41) is 0.0234. The highest BCUT2D eigenvalue weighted by molar-refractivity contribution is 9.10. The molecule has 0 bridgehead atoms. The average Bonchev–Trinajstić information content (AvgIpc) is 2.76. The molecule has 7 heteroatoms. The van der Waals surface area contributed by atoms with Crippen molar-refractivity contribution in [2.45, 2.75) is 85.1 Å². The molecule has 1 atom stereocenters. The molecule has 0 N–H and O–H groups in total. The summed E-state index contributed by atoms with van der Waals surface area (Å²) in [6.45, 7) is 7.64. The SMILES string of the molecule is CCCCCCCCCC(=O)SCC(=O)N(c1c(C)ccc(Br)c1C)[C@@H](C)C(=O)OC. The summed E-state index contributed by atoms with van der Waals surface area (Å²) in [7, 11) is 1.31. The van der Waals surface area contributed by atoms with Crippen LogP contribution < -0.4 is 4.90 Å². The van der Waals surface area contributed by atoms with Crippen LogP contribution in [0.5, 0.6) is 0 Å². The van der Waals surface area contributed by atoms with E-state index >= 15 is 0 Å². The molecule has 0 fully saturated rings. The van der Waals surface area contributed by atoms with Gasteiger partial charge in [-0.3, -0.25) is 14.5 Å². The number of aryl methyl sites for hydroxylation is 1. The molecule has 0 aliphatic carbocycles. The molecule has 0 unspecified atom stereocenters. The van der Waals surface area contributed by atoms with Gasteiger partial charge in [-0.15, -0.1) is 0 Å². The van der Waals surface area contributed by atoms with Gasteiger partial charge in [0.1, 0.15) is 6.04 Å². The van der Waals surface area contributed by atoms with E-state index in [0.717, 1.165) is 46.6 Å². The Morgan fingerprint density at radius 2 is 1.68 bits per heavy atom. The maximum absolute atomic E-state index is 13.1. The van der Waals surface area contributed by atoms with Crippen molar-refractivity contribution in [2.24, 2.45) is 0 Å². The Labute approximate surface area is 199 Å². The molecule has 0 aromatic heterocycles. The molecular formula is C24H36BrNO4S. The van der Waals surface area contributed by atoms with Crippen molar-refractivity contribution in [3.8, 4) is 0 Å². The van der Waals surface area contributed by atoms with Crippen LogP contribution >= 0.6 is 27.7 Å². The van der Waals surface area contributed by atoms with Crippen molar-refractivity contribution >= 4 is 50.4 Å². The average molecular weight is 515 g/mol. The number of hydrogen-bond donors (Lipinski definition) is 0. The molecule has 1 aromatic carbocycles. The fourth-order valence-electron chi connectivity index (χ4n) is 3.50. The van der Waals surface area contributed by atoms with Gasteiger partial charge in [0.2, 0.25) is 5.91 Å². The predicted molar refractivity (Wildman–Crippen MR) is 133 cm³/mol. The fraction of sp³-hybridized carbons (Fsp3) is 0.625. The molecule has 0 spiro atoms. The van der Waals surface area contributed by atoms with Crippen molar-refractivity contribution in [2.75, 3.05) is 17.8 Å². The summed E-state index contributed by atoms with van der Waals surface area (Å²) in [4.78, 5) is 39.1. The normalized spacial score (nSPS) is 11.8. The van der Waals surface area contributed by atoms with E-state index in [1.807, 2.05) is 26.0 Å². The highest BCUT2D eigenvalue weighted by Gasteiger charge is 2.31. The highest BCUT2D eigenvalue weighted by atomic mass is 79.9. The first-order valence-electron chi connectivity index (χ1n) is 11.1. The van der Waals surface area contributed by atoms with Crippen LogP contribution in [0.4, 0.5) is 5.69 Å². The van der Waals surface area contributed by atoms with Crippen LogP contribution in [0.15, 0.2) is 16.6 Å². The molecule has 0 aliphatic heterocycles. The molecule has 1 rings (SSSR count). The zero-order valence-corrected chi connectivity index (χ0v) is 21.9. The zero-order valence-electron chi connectivity index (χ0n) is 19.5. The van der Waals surface area contributed by atoms with Gasteiger partial charge in [-0.05, 0) is 44.4 Å². The van der Waals surface area contributed by atoms with E-state index in [-0.39, 0.29) is 16.8 Å². The third-order valence-corrected chi connectivity index (χ3v) is 7.12. The van der Waals surface area contributed by atoms with E-state index in [2.05, 4.69) is 22.9 Å². The third kappa shape index (κ3) is 8.97. The third-order valence-electron chi connectivity index (χ3n) is 5.35. The number of benzene rings is 1. The molecule has 0 radical (unpaired) electrons. The van der Waals surface area contributed by atoms with Gasteiger partial charge in [0.25, 0.3) is 0 Å². The Hall–Kier alpha value is -1.34. The number of thioether (sulfide) groups is 1. The van der Waals surface area contributed by atoms with Gasteiger partial charge in [0, 0.05) is 10.9 Å². The van der Waals surface area contributed by atoms with Crippen LogP contribution in [0.1, 0.15) is 76.3 Å². The summed E-state index contributed by atoms with van der Waals surface area (Å²) < 4.78 is 5.73. The predicted octanol–water partition coefficient (Wildman–Crippen LogP) is 6.36. The van der Waals surface area contributed by atoms with Gasteiger partial charge < -0.3 is 4.74 Å². The summed E-state index contributed by atoms with van der Waals surface area (Å²) in [6.07, 6.45) is 8.53. The molecule has 0 saturated heterocycles. The molecule has 0 saturated carbocycles. The number of nitrogens with zero attached hydrogens (tertiary/aromatic N) is 1. The van der Waals surface area contributed by atoms with Crippen molar-refractivity contribution in [1.29, 1.82) is 0 Å². The zero-order chi connectivity index (χ0) is 23.4. The maximum Gasteiger partial charge on any atom is 0.328 e. The monoisotopic (exact) mass is 513 g/mol. The largest absolute Gasteiger partial charge is 0.467 e. The summed E-state index contributed by atoms with van der Waals surface area (Å²) in [6, 6.07) is 3.03. The van der Waals surface area contributed by atoms with Crippen molar-refractivity contribution in [3.63, 3.8) is 0 Å². The van der Waals surface area contributed by atoms with Crippen LogP contribution in [0, 0.1) is 13.8 Å². The minimum Gasteiger partial charge on any atom is -0.467 e. The first-order valence-corrected chi connectivity index (χ1v) is 12.8. The topological polar surface area (TPSA) is 63.7 Å². The van der Waals surface area contributed by atoms with E-state index < -0.39 is 12.0 Å². The van der Waals surface area contributed by atoms with E-state index in [9.17, 15) is 14.4 Å². The Bertz CT molecular complexity index is 753. The number of rotatable bonds is 13. The fourth-order valence-corrected chi connectivity index (χ4v) is 4.53. The summed E-state index contributed by atoms with van der Waals surface area (Å²) in [5.41, 5.74) is 2.42. The minimum atomic E-state index is -0.789. The Morgan fingerprint density at radius 1 is 1.06 bits per heavy atom. The lowest BCUT2D eigenvalue weighted by molar-refractivity contribution is -0.142. The number of amides is 1. The number of methoxy groups -OCH3 is 1. The van der Waals surface area contributed by atoms with E-state index in [1.54, 1.807) is 6.92 Å². The number of unbranched alkanes of at least 4 members (excludes halogenated alkanes) is 6. The molecule has 174 valence electrons. The van der Waals surface area contributed by atoms with Gasteiger partial charge in [-0.2, -0.15) is 0 Å². The summed E-state index contributed by atoms with van der Waals surface area (Å²) in [5.74, 6) is -0.770. The second-order valence-electron chi connectivity index (χ2n) is 7.83. The maximum atomic E-state index is 13.1. The van der Waals surface area contributed by atoms with Crippen LogP contribution in [-0.4, -0.2) is 35.9 Å². The standard InChI is InChI=1S/C24H36BrNO4S/c1-6-7-8-9-10-11-12-13-22(28)31-16-21(27)26(19(4)24(29)30-5)23-17(2)14-15-20(25)18(23)3/h14-15,19H,6-13,16H2,1-5H3/t19-/m0/s1. The van der Waals surface area contributed by atoms with Crippen LogP contribution in [0.25, 0.3) is 0 Å². The van der Waals surface area contributed by atoms with Crippen LogP contribution in [0.2, 0.25) is 0 Å². The minimum absolute atomic E-state index is 0.00204. The smallest absolute Gasteiger partial charge is 0.328 e. The Morgan fingerprint density at radius 3 is 2.29 bits per heavy atom. The van der Waals surface area contributed by atoms with Gasteiger partial charge in [0.15, 0.2) is 5.12 Å². The second-order valence-corrected chi connectivity index (χ2v) is 9.72. The first kappa shape index (κ1) is 27.7. The number of ether oxygens (including phenoxy) is 1. The van der Waals surface area contributed by atoms with Crippen molar-refractivity contribution in [3.05, 3.63) is 27.7 Å². The molecule has 0 aliphatic rings. The van der Waals surface area contributed by atoms with Crippen molar-refractivity contribution in [1.82, 2.24) is 0 Å². The second kappa shape index (κ2) is 14.7.